The van der Waals surface area contributed by atoms with Crippen molar-refractivity contribution in [2.24, 2.45) is 5.92 Å². The van der Waals surface area contributed by atoms with Gasteiger partial charge in [-0.3, -0.25) is 0 Å². The second kappa shape index (κ2) is 7.46. The van der Waals surface area contributed by atoms with Crippen molar-refractivity contribution in [2.45, 2.75) is 65.0 Å². The van der Waals surface area contributed by atoms with Gasteiger partial charge in [0.15, 0.2) is 0 Å². The molecule has 0 aromatic heterocycles. The van der Waals surface area contributed by atoms with E-state index in [1.54, 1.807) is 0 Å². The summed E-state index contributed by atoms with van der Waals surface area (Å²) in [6.07, 6.45) is 4.86. The summed E-state index contributed by atoms with van der Waals surface area (Å²) in [5.74, 6) is 0.630. The molecule has 18 heavy (non-hydrogen) atoms. The molecule has 3 heteroatoms. The molecule has 2 atom stereocenters. The van der Waals surface area contributed by atoms with Gasteiger partial charge in [-0.1, -0.05) is 34.1 Å². The summed E-state index contributed by atoms with van der Waals surface area (Å²) in [5.41, 5.74) is -0.0126. The summed E-state index contributed by atoms with van der Waals surface area (Å²) in [6.45, 7) is 12.5. The highest BCUT2D eigenvalue weighted by atomic mass is 16.3. The van der Waals surface area contributed by atoms with Crippen LogP contribution in [0.25, 0.3) is 0 Å². The molecule has 0 amide bonds. The van der Waals surface area contributed by atoms with E-state index >= 15 is 0 Å². The Hall–Kier alpha value is -0.120. The summed E-state index contributed by atoms with van der Waals surface area (Å²) in [7, 11) is 0. The molecule has 2 N–H and O–H groups in total. The van der Waals surface area contributed by atoms with E-state index in [2.05, 4.69) is 37.9 Å². The number of aliphatic hydroxyl groups excluding tert-OH is 1. The molecule has 0 radical (unpaired) electrons. The van der Waals surface area contributed by atoms with E-state index in [0.717, 1.165) is 19.5 Å². The SMILES string of the molecule is CCN(CC)CCC1CCCC1(CO)NC(C)C. The fraction of sp³-hybridized carbons (Fsp3) is 1.00. The van der Waals surface area contributed by atoms with Crippen LogP contribution in [0.4, 0.5) is 0 Å². The minimum atomic E-state index is -0.0126. The summed E-state index contributed by atoms with van der Waals surface area (Å²) in [4.78, 5) is 2.48. The molecule has 1 saturated carbocycles. The van der Waals surface area contributed by atoms with Crippen molar-refractivity contribution in [1.29, 1.82) is 0 Å². The highest BCUT2D eigenvalue weighted by Crippen LogP contribution is 2.38. The highest BCUT2D eigenvalue weighted by Gasteiger charge is 2.42. The topological polar surface area (TPSA) is 35.5 Å². The number of aliphatic hydroxyl groups is 1. The molecule has 0 heterocycles. The molecule has 1 aliphatic rings. The van der Waals surface area contributed by atoms with E-state index in [0.29, 0.717) is 12.0 Å². The van der Waals surface area contributed by atoms with Crippen LogP contribution >= 0.6 is 0 Å². The molecule has 3 nitrogen and oxygen atoms in total. The van der Waals surface area contributed by atoms with Crippen LogP contribution in [0.5, 0.6) is 0 Å². The molecule has 1 aliphatic carbocycles. The minimum Gasteiger partial charge on any atom is -0.394 e. The Labute approximate surface area is 113 Å². The highest BCUT2D eigenvalue weighted by molar-refractivity contribution is 4.99. The Morgan fingerprint density at radius 3 is 2.50 bits per heavy atom. The van der Waals surface area contributed by atoms with Crippen LogP contribution in [0.3, 0.4) is 0 Å². The van der Waals surface area contributed by atoms with Crippen LogP contribution < -0.4 is 5.32 Å². The molecular weight excluding hydrogens is 224 g/mol. The van der Waals surface area contributed by atoms with Gasteiger partial charge in [0.2, 0.25) is 0 Å². The first-order chi connectivity index (χ1) is 8.57. The lowest BCUT2D eigenvalue weighted by Crippen LogP contribution is -2.54. The van der Waals surface area contributed by atoms with Crippen LogP contribution in [0.1, 0.15) is 53.4 Å². The van der Waals surface area contributed by atoms with Crippen LogP contribution in [0.15, 0.2) is 0 Å². The third-order valence-corrected chi connectivity index (χ3v) is 4.50. The van der Waals surface area contributed by atoms with E-state index < -0.39 is 0 Å². The lowest BCUT2D eigenvalue weighted by atomic mass is 9.84. The van der Waals surface area contributed by atoms with E-state index in [1.807, 2.05) is 0 Å². The summed E-state index contributed by atoms with van der Waals surface area (Å²) in [6, 6.07) is 0.450. The van der Waals surface area contributed by atoms with Crippen LogP contribution in [-0.2, 0) is 0 Å². The maximum atomic E-state index is 9.84. The maximum absolute atomic E-state index is 9.84. The largest absolute Gasteiger partial charge is 0.394 e. The summed E-state index contributed by atoms with van der Waals surface area (Å²) >= 11 is 0. The monoisotopic (exact) mass is 256 g/mol. The number of nitrogens with zero attached hydrogens (tertiary/aromatic N) is 1. The second-order valence-corrected chi connectivity index (χ2v) is 6.02. The van der Waals surface area contributed by atoms with Gasteiger partial charge in [-0.2, -0.15) is 0 Å². The van der Waals surface area contributed by atoms with Gasteiger partial charge in [0, 0.05) is 11.6 Å². The summed E-state index contributed by atoms with van der Waals surface area (Å²) in [5, 5.41) is 13.5. The van der Waals surface area contributed by atoms with Gasteiger partial charge in [-0.25, -0.2) is 0 Å². The normalized spacial score (nSPS) is 28.5. The van der Waals surface area contributed by atoms with Gasteiger partial charge >= 0.3 is 0 Å². The second-order valence-electron chi connectivity index (χ2n) is 6.02. The average molecular weight is 256 g/mol. The first kappa shape index (κ1) is 15.9. The Balaban J connectivity index is 2.56. The Morgan fingerprint density at radius 1 is 1.33 bits per heavy atom. The van der Waals surface area contributed by atoms with Crippen molar-refractivity contribution < 1.29 is 5.11 Å². The average Bonchev–Trinajstić information content (AvgIpc) is 2.73. The maximum Gasteiger partial charge on any atom is 0.0616 e. The van der Waals surface area contributed by atoms with Gasteiger partial charge in [-0.05, 0) is 44.8 Å². The lowest BCUT2D eigenvalue weighted by Gasteiger charge is -2.37. The zero-order valence-electron chi connectivity index (χ0n) is 12.7. The third-order valence-electron chi connectivity index (χ3n) is 4.50. The quantitative estimate of drug-likeness (QED) is 0.699. The van der Waals surface area contributed by atoms with Crippen molar-refractivity contribution >= 4 is 0 Å². The molecule has 0 spiro atoms. The van der Waals surface area contributed by atoms with Gasteiger partial charge in [-0.15, -0.1) is 0 Å². The predicted molar refractivity (Wildman–Crippen MR) is 77.8 cm³/mol. The molecule has 108 valence electrons. The molecular formula is C15H32N2O. The zero-order chi connectivity index (χ0) is 13.6. The van der Waals surface area contributed by atoms with Crippen molar-refractivity contribution in [3.05, 3.63) is 0 Å². The molecule has 2 unspecified atom stereocenters. The van der Waals surface area contributed by atoms with Gasteiger partial charge < -0.3 is 15.3 Å². The fourth-order valence-corrected chi connectivity index (χ4v) is 3.46. The van der Waals surface area contributed by atoms with E-state index in [-0.39, 0.29) is 12.1 Å². The van der Waals surface area contributed by atoms with E-state index in [9.17, 15) is 5.11 Å². The number of nitrogens with one attached hydrogen (secondary N) is 1. The first-order valence-electron chi connectivity index (χ1n) is 7.68. The Morgan fingerprint density at radius 2 is 2.00 bits per heavy atom. The number of hydrogen-bond donors (Lipinski definition) is 2. The third kappa shape index (κ3) is 3.94. The fourth-order valence-electron chi connectivity index (χ4n) is 3.46. The smallest absolute Gasteiger partial charge is 0.0616 e. The van der Waals surface area contributed by atoms with E-state index in [4.69, 9.17) is 0 Å². The van der Waals surface area contributed by atoms with Gasteiger partial charge in [0.25, 0.3) is 0 Å². The van der Waals surface area contributed by atoms with Gasteiger partial charge in [0.1, 0.15) is 0 Å². The van der Waals surface area contributed by atoms with E-state index in [1.165, 1.54) is 25.8 Å². The van der Waals surface area contributed by atoms with Gasteiger partial charge in [0.05, 0.1) is 6.61 Å². The van der Waals surface area contributed by atoms with Crippen LogP contribution in [0.2, 0.25) is 0 Å². The molecule has 0 aliphatic heterocycles. The van der Waals surface area contributed by atoms with Crippen molar-refractivity contribution in [2.75, 3.05) is 26.2 Å². The molecule has 1 rings (SSSR count). The predicted octanol–water partition coefficient (Wildman–Crippen LogP) is 2.25. The Bertz CT molecular complexity index is 229. The Kier molecular flexibility index (Phi) is 6.61. The molecule has 0 aromatic carbocycles. The van der Waals surface area contributed by atoms with Crippen LogP contribution in [0, 0.1) is 5.92 Å². The number of hydrogen-bond acceptors (Lipinski definition) is 3. The lowest BCUT2D eigenvalue weighted by molar-refractivity contribution is 0.104. The van der Waals surface area contributed by atoms with Crippen molar-refractivity contribution in [3.8, 4) is 0 Å². The molecule has 1 fully saturated rings. The summed E-state index contributed by atoms with van der Waals surface area (Å²) < 4.78 is 0. The van der Waals surface area contributed by atoms with Crippen molar-refractivity contribution in [1.82, 2.24) is 10.2 Å². The van der Waals surface area contributed by atoms with Crippen molar-refractivity contribution in [3.63, 3.8) is 0 Å². The molecule has 0 aromatic rings. The molecule has 0 saturated heterocycles. The molecule has 0 bridgehead atoms. The zero-order valence-corrected chi connectivity index (χ0v) is 12.7. The number of rotatable bonds is 8. The standard InChI is InChI=1S/C15H32N2O/c1-5-17(6-2)11-9-14-8-7-10-15(14,12-18)16-13(3)4/h13-14,16,18H,5-12H2,1-4H3. The van der Waals surface area contributed by atoms with Crippen LogP contribution in [-0.4, -0.2) is 47.8 Å². The minimum absolute atomic E-state index is 0.0126. The first-order valence-corrected chi connectivity index (χ1v) is 7.68.